The lowest BCUT2D eigenvalue weighted by Gasteiger charge is -2.32. The van der Waals surface area contributed by atoms with Gasteiger partial charge in [-0.25, -0.2) is 9.37 Å². The van der Waals surface area contributed by atoms with Gasteiger partial charge in [-0.1, -0.05) is 24.8 Å². The Kier molecular flexibility index (Phi) is 6.79. The van der Waals surface area contributed by atoms with E-state index in [1.54, 1.807) is 18.2 Å². The molecule has 1 saturated heterocycles. The van der Waals surface area contributed by atoms with Crippen LogP contribution in [0, 0.1) is 11.2 Å². The van der Waals surface area contributed by atoms with Gasteiger partial charge in [-0.15, -0.1) is 0 Å². The number of benzene rings is 2. The van der Waals surface area contributed by atoms with E-state index in [0.717, 1.165) is 12.8 Å². The molecule has 2 heterocycles. The largest absolute Gasteiger partial charge is 0.457 e. The zero-order valence-corrected chi connectivity index (χ0v) is 19.0. The van der Waals surface area contributed by atoms with Gasteiger partial charge in [-0.3, -0.25) is 15.5 Å². The molecule has 0 spiro atoms. The van der Waals surface area contributed by atoms with Gasteiger partial charge in [-0.2, -0.15) is 4.98 Å². The number of quaternary nitrogens is 1. The van der Waals surface area contributed by atoms with E-state index >= 15 is 0 Å². The van der Waals surface area contributed by atoms with E-state index in [4.69, 9.17) is 10.1 Å². The van der Waals surface area contributed by atoms with Crippen molar-refractivity contribution in [2.75, 3.05) is 13.1 Å². The molecular formula is C26H27FN5O2+. The molecule has 4 rings (SSSR count). The zero-order chi connectivity index (χ0) is 24.1. The van der Waals surface area contributed by atoms with Crippen LogP contribution in [0.5, 0.6) is 11.5 Å². The Bertz CT molecular complexity index is 1220. The summed E-state index contributed by atoms with van der Waals surface area (Å²) in [6, 6.07) is 13.5. The number of nitrogens with one attached hydrogen (secondary N) is 1. The molecule has 0 aliphatic carbocycles. The summed E-state index contributed by atoms with van der Waals surface area (Å²) in [7, 11) is 0. The van der Waals surface area contributed by atoms with Gasteiger partial charge in [0.1, 0.15) is 35.8 Å². The average molecular weight is 461 g/mol. The second-order valence-corrected chi connectivity index (χ2v) is 8.46. The van der Waals surface area contributed by atoms with Crippen LogP contribution < -0.4 is 10.1 Å². The number of aromatic nitrogens is 2. The third kappa shape index (κ3) is 4.87. The average Bonchev–Trinajstić information content (AvgIpc) is 3.24. The highest BCUT2D eigenvalue weighted by Crippen LogP contribution is 2.28. The summed E-state index contributed by atoms with van der Waals surface area (Å²) < 4.78 is 20.7. The van der Waals surface area contributed by atoms with Gasteiger partial charge in [0.05, 0.1) is 11.3 Å². The number of hydrogen-bond donors (Lipinski definition) is 2. The van der Waals surface area contributed by atoms with Gasteiger partial charge in [0.2, 0.25) is 11.7 Å². The number of nitrogens with two attached hydrogens (primary N) is 1. The van der Waals surface area contributed by atoms with Gasteiger partial charge in [-0.05, 0) is 50.1 Å². The summed E-state index contributed by atoms with van der Waals surface area (Å²) in [6.45, 7) is 6.88. The van der Waals surface area contributed by atoms with Crippen molar-refractivity contribution in [3.63, 3.8) is 0 Å². The Morgan fingerprint density at radius 3 is 2.79 bits per heavy atom. The van der Waals surface area contributed by atoms with E-state index in [1.807, 2.05) is 35.3 Å². The first-order valence-corrected chi connectivity index (χ1v) is 11.1. The number of nitrogens with zero attached hydrogens (tertiary/aromatic N) is 3. The van der Waals surface area contributed by atoms with Crippen molar-refractivity contribution in [2.45, 2.75) is 25.3 Å². The van der Waals surface area contributed by atoms with Crippen molar-refractivity contribution < 1.29 is 19.2 Å². The Labute approximate surface area is 197 Å². The number of likely N-dealkylation sites (tertiary alicyclic amines) is 1. The van der Waals surface area contributed by atoms with Crippen molar-refractivity contribution in [1.29, 1.82) is 5.41 Å². The molecule has 1 fully saturated rings. The van der Waals surface area contributed by atoms with E-state index in [-0.39, 0.29) is 22.7 Å². The van der Waals surface area contributed by atoms with Crippen LogP contribution in [0.1, 0.15) is 30.9 Å². The maximum absolute atomic E-state index is 15.0. The fraction of sp³-hybridized carbons (Fsp3) is 0.231. The van der Waals surface area contributed by atoms with Crippen molar-refractivity contribution in [2.24, 2.45) is 0 Å². The number of ether oxygens (including phenoxy) is 1. The van der Waals surface area contributed by atoms with Crippen molar-refractivity contribution in [3.8, 4) is 11.5 Å². The van der Waals surface area contributed by atoms with Gasteiger partial charge < -0.3 is 9.64 Å². The van der Waals surface area contributed by atoms with Crippen LogP contribution in [0.15, 0.2) is 73.7 Å². The van der Waals surface area contributed by atoms with Crippen LogP contribution >= 0.6 is 0 Å². The van der Waals surface area contributed by atoms with Gasteiger partial charge in [0, 0.05) is 24.4 Å². The van der Waals surface area contributed by atoms with E-state index in [0.29, 0.717) is 36.0 Å². The van der Waals surface area contributed by atoms with Crippen LogP contribution in [0.25, 0.3) is 0 Å². The molecule has 1 atom stereocenters. The number of halogens is 1. The summed E-state index contributed by atoms with van der Waals surface area (Å²) in [5.41, 5.74) is 0.158. The minimum absolute atomic E-state index is 0.0220. The molecule has 1 aromatic heterocycles. The summed E-state index contributed by atoms with van der Waals surface area (Å²) >= 11 is 0. The molecular weight excluding hydrogens is 433 g/mol. The Hall–Kier alpha value is -3.91. The topological polar surface area (TPSA) is 95.8 Å². The molecule has 3 aromatic rings. The second-order valence-electron chi connectivity index (χ2n) is 8.46. The standard InChI is InChI=1S/C26H26FN5O2/c1-3-23(33)32-13-7-12-26(32,2)16-30-25-21(15-29-17-31-25)24(28)20-11-10-19(14-22(20)27)34-18-8-5-4-6-9-18/h3-6,8-11,14-15,17,28H,1,7,12-13,16H2,2H3,(H,29,30,31)/p+1. The fourth-order valence-electron chi connectivity index (χ4n) is 4.26. The number of carbonyl (C=O) groups is 1. The molecule has 3 N–H and O–H groups in total. The van der Waals surface area contributed by atoms with Gasteiger partial charge in [0.15, 0.2) is 0 Å². The molecule has 1 aliphatic heterocycles. The highest BCUT2D eigenvalue weighted by atomic mass is 19.1. The van der Waals surface area contributed by atoms with Crippen LogP contribution in [0.4, 0.5) is 10.2 Å². The minimum atomic E-state index is -0.571. The smallest absolute Gasteiger partial charge is 0.246 e. The lowest BCUT2D eigenvalue weighted by molar-refractivity contribution is -0.585. The lowest BCUT2D eigenvalue weighted by Crippen LogP contribution is -2.84. The first kappa shape index (κ1) is 23.3. The molecule has 34 heavy (non-hydrogen) atoms. The molecule has 8 heteroatoms. The minimum Gasteiger partial charge on any atom is -0.457 e. The lowest BCUT2D eigenvalue weighted by atomic mass is 9.98. The van der Waals surface area contributed by atoms with Crippen LogP contribution in [0.2, 0.25) is 0 Å². The molecule has 174 valence electrons. The van der Waals surface area contributed by atoms with Crippen molar-refractivity contribution in [3.05, 3.63) is 90.7 Å². The van der Waals surface area contributed by atoms with Crippen LogP contribution in [-0.4, -0.2) is 45.1 Å². The Morgan fingerprint density at radius 2 is 2.06 bits per heavy atom. The van der Waals surface area contributed by atoms with Gasteiger partial charge in [0.25, 0.3) is 0 Å². The molecule has 1 aliphatic rings. The first-order valence-electron chi connectivity index (χ1n) is 11.1. The highest BCUT2D eigenvalue weighted by Gasteiger charge is 2.40. The molecule has 0 radical (unpaired) electrons. The van der Waals surface area contributed by atoms with E-state index in [2.05, 4.69) is 16.5 Å². The summed E-state index contributed by atoms with van der Waals surface area (Å²) in [6.07, 6.45) is 6.03. The molecule has 1 unspecified atom stereocenters. The van der Waals surface area contributed by atoms with Crippen LogP contribution in [-0.2, 0) is 4.79 Å². The fourth-order valence-corrected chi connectivity index (χ4v) is 4.26. The highest BCUT2D eigenvalue weighted by molar-refractivity contribution is 6.12. The number of hydrogen-bond acceptors (Lipinski definition) is 5. The maximum atomic E-state index is 15.0. The van der Waals surface area contributed by atoms with Crippen LogP contribution in [0.3, 0.4) is 0 Å². The predicted molar refractivity (Wildman–Crippen MR) is 127 cm³/mol. The third-order valence-corrected chi connectivity index (χ3v) is 6.13. The number of carbonyl (C=O) groups excluding carboxylic acids is 1. The van der Waals surface area contributed by atoms with E-state index in [9.17, 15) is 9.18 Å². The SMILES string of the molecule is C=CC(=O)N1CCCC1(C)C[NH2+]c1ncncc1C(=N)c1ccc(Oc2ccccc2)cc1F. The Morgan fingerprint density at radius 1 is 1.26 bits per heavy atom. The van der Waals surface area contributed by atoms with Crippen molar-refractivity contribution >= 4 is 17.4 Å². The molecule has 7 nitrogen and oxygen atoms in total. The van der Waals surface area contributed by atoms with Gasteiger partial charge >= 0.3 is 0 Å². The molecule has 0 saturated carbocycles. The zero-order valence-electron chi connectivity index (χ0n) is 19.0. The van der Waals surface area contributed by atoms with E-state index in [1.165, 1.54) is 30.7 Å². The summed E-state index contributed by atoms with van der Waals surface area (Å²) in [5.74, 6) is 0.811. The molecule has 1 amide bonds. The number of rotatable bonds is 8. The summed E-state index contributed by atoms with van der Waals surface area (Å²) in [5, 5.41) is 10.6. The summed E-state index contributed by atoms with van der Waals surface area (Å²) in [4.78, 5) is 22.5. The Balaban J connectivity index is 1.52. The predicted octanol–water partition coefficient (Wildman–Crippen LogP) is 3.59. The normalized spacial score (nSPS) is 17.4. The number of amides is 1. The quantitative estimate of drug-likeness (QED) is 0.397. The molecule has 2 aromatic carbocycles. The first-order chi connectivity index (χ1) is 16.4. The molecule has 0 bridgehead atoms. The monoisotopic (exact) mass is 460 g/mol. The maximum Gasteiger partial charge on any atom is 0.246 e. The second kappa shape index (κ2) is 9.93. The van der Waals surface area contributed by atoms with E-state index < -0.39 is 5.82 Å². The number of para-hydroxylation sites is 1. The van der Waals surface area contributed by atoms with Crippen molar-refractivity contribution in [1.82, 2.24) is 14.9 Å². The third-order valence-electron chi connectivity index (χ3n) is 6.13.